The molecule has 0 saturated carbocycles. The van der Waals surface area contributed by atoms with E-state index >= 15 is 0 Å². The molecular formula is C23H18F3NO2. The number of hydrogen-bond acceptors (Lipinski definition) is 2. The summed E-state index contributed by atoms with van der Waals surface area (Å²) in [5.41, 5.74) is 1.99. The second-order valence-electron chi connectivity index (χ2n) is 6.85. The second-order valence-corrected chi connectivity index (χ2v) is 6.85. The number of fused-ring (bicyclic) bond motifs is 1. The quantitative estimate of drug-likeness (QED) is 0.592. The third-order valence-corrected chi connectivity index (χ3v) is 4.88. The van der Waals surface area contributed by atoms with Crippen molar-refractivity contribution in [2.24, 2.45) is 0 Å². The zero-order chi connectivity index (χ0) is 20.4. The number of rotatable bonds is 3. The van der Waals surface area contributed by atoms with Crippen molar-refractivity contribution in [3.63, 3.8) is 0 Å². The largest absolute Gasteiger partial charge is 0.491 e. The van der Waals surface area contributed by atoms with Crippen LogP contribution >= 0.6 is 0 Å². The number of carbonyl (C=O) groups is 1. The Balaban J connectivity index is 1.63. The molecule has 29 heavy (non-hydrogen) atoms. The van der Waals surface area contributed by atoms with Gasteiger partial charge in [-0.05, 0) is 41.0 Å². The number of alkyl halides is 3. The Labute approximate surface area is 166 Å². The van der Waals surface area contributed by atoms with Gasteiger partial charge in [0.05, 0.1) is 17.7 Å². The molecule has 3 aromatic rings. The first-order valence-corrected chi connectivity index (χ1v) is 9.19. The predicted octanol–water partition coefficient (Wildman–Crippen LogP) is 5.41. The molecule has 1 heterocycles. The maximum absolute atomic E-state index is 13.1. The monoisotopic (exact) mass is 397 g/mol. The van der Waals surface area contributed by atoms with Gasteiger partial charge >= 0.3 is 6.18 Å². The lowest BCUT2D eigenvalue weighted by Crippen LogP contribution is -2.31. The van der Waals surface area contributed by atoms with Crippen LogP contribution in [0.4, 0.5) is 13.2 Å². The minimum Gasteiger partial charge on any atom is -0.491 e. The second kappa shape index (κ2) is 7.62. The van der Waals surface area contributed by atoms with Gasteiger partial charge in [-0.2, -0.15) is 13.2 Å². The van der Waals surface area contributed by atoms with Gasteiger partial charge in [0.15, 0.2) is 0 Å². The lowest BCUT2D eigenvalue weighted by Gasteiger charge is -2.20. The van der Waals surface area contributed by atoms with Gasteiger partial charge in [-0.3, -0.25) is 4.79 Å². The number of benzene rings is 3. The molecule has 4 rings (SSSR count). The van der Waals surface area contributed by atoms with Crippen LogP contribution in [-0.4, -0.2) is 24.0 Å². The highest BCUT2D eigenvalue weighted by Gasteiger charge is 2.30. The van der Waals surface area contributed by atoms with Gasteiger partial charge in [-0.15, -0.1) is 0 Å². The maximum atomic E-state index is 13.1. The van der Waals surface area contributed by atoms with Crippen molar-refractivity contribution in [3.05, 3.63) is 89.5 Å². The Bertz CT molecular complexity index is 1010. The SMILES string of the molecule is O=C1c2cc(-c3ccc(C(F)(F)F)cc3)ccc2OCCN1Cc1ccccc1. The number of amides is 1. The smallest absolute Gasteiger partial charge is 0.416 e. The van der Waals surface area contributed by atoms with E-state index in [-0.39, 0.29) is 5.91 Å². The van der Waals surface area contributed by atoms with E-state index in [0.717, 1.165) is 17.7 Å². The standard InChI is InChI=1S/C23H18F3NO2/c24-23(25,26)19-9-6-17(7-10-19)18-8-11-21-20(14-18)22(28)27(12-13-29-21)15-16-4-2-1-3-5-16/h1-11,14H,12-13,15H2. The Kier molecular flexibility index (Phi) is 5.01. The van der Waals surface area contributed by atoms with E-state index in [1.165, 1.54) is 12.1 Å². The van der Waals surface area contributed by atoms with Crippen LogP contribution in [0.3, 0.4) is 0 Å². The molecule has 0 N–H and O–H groups in total. The predicted molar refractivity (Wildman–Crippen MR) is 104 cm³/mol. The highest BCUT2D eigenvalue weighted by atomic mass is 19.4. The zero-order valence-corrected chi connectivity index (χ0v) is 15.4. The topological polar surface area (TPSA) is 29.5 Å². The summed E-state index contributed by atoms with van der Waals surface area (Å²) in [6.07, 6.45) is -4.38. The van der Waals surface area contributed by atoms with Crippen LogP contribution in [-0.2, 0) is 12.7 Å². The van der Waals surface area contributed by atoms with Crippen molar-refractivity contribution in [2.75, 3.05) is 13.2 Å². The molecule has 1 amide bonds. The van der Waals surface area contributed by atoms with Gasteiger partial charge in [0.2, 0.25) is 0 Å². The summed E-state index contributed by atoms with van der Waals surface area (Å²) in [6.45, 7) is 1.30. The summed E-state index contributed by atoms with van der Waals surface area (Å²) in [4.78, 5) is 14.8. The van der Waals surface area contributed by atoms with Crippen LogP contribution in [0.2, 0.25) is 0 Å². The van der Waals surface area contributed by atoms with E-state index in [0.29, 0.717) is 42.1 Å². The van der Waals surface area contributed by atoms with E-state index in [2.05, 4.69) is 0 Å². The molecule has 0 unspecified atom stereocenters. The lowest BCUT2D eigenvalue weighted by atomic mass is 10.0. The Morgan fingerprint density at radius 3 is 2.28 bits per heavy atom. The van der Waals surface area contributed by atoms with Gasteiger partial charge in [-0.1, -0.05) is 48.5 Å². The molecule has 1 aliphatic rings. The van der Waals surface area contributed by atoms with Crippen molar-refractivity contribution in [2.45, 2.75) is 12.7 Å². The van der Waals surface area contributed by atoms with Crippen molar-refractivity contribution >= 4 is 5.91 Å². The fourth-order valence-electron chi connectivity index (χ4n) is 3.35. The van der Waals surface area contributed by atoms with Crippen LogP contribution in [0.1, 0.15) is 21.5 Å². The Morgan fingerprint density at radius 1 is 0.897 bits per heavy atom. The van der Waals surface area contributed by atoms with Gasteiger partial charge in [0, 0.05) is 6.54 Å². The molecule has 0 atom stereocenters. The first-order chi connectivity index (χ1) is 13.9. The molecule has 0 spiro atoms. The molecule has 3 aromatic carbocycles. The first kappa shape index (κ1) is 19.1. The van der Waals surface area contributed by atoms with Crippen LogP contribution in [0.15, 0.2) is 72.8 Å². The molecule has 1 aliphatic heterocycles. The van der Waals surface area contributed by atoms with Crippen molar-refractivity contribution in [3.8, 4) is 16.9 Å². The van der Waals surface area contributed by atoms with Crippen molar-refractivity contribution in [1.82, 2.24) is 4.90 Å². The highest BCUT2D eigenvalue weighted by Crippen LogP contribution is 2.33. The number of halogens is 3. The molecule has 6 heteroatoms. The number of ether oxygens (including phenoxy) is 1. The van der Waals surface area contributed by atoms with Crippen LogP contribution < -0.4 is 4.74 Å². The van der Waals surface area contributed by atoms with Crippen molar-refractivity contribution < 1.29 is 22.7 Å². The zero-order valence-electron chi connectivity index (χ0n) is 15.4. The number of carbonyl (C=O) groups excluding carboxylic acids is 1. The molecule has 0 aromatic heterocycles. The molecular weight excluding hydrogens is 379 g/mol. The summed E-state index contributed by atoms with van der Waals surface area (Å²) in [6, 6.07) is 19.7. The Hall–Kier alpha value is -3.28. The summed E-state index contributed by atoms with van der Waals surface area (Å²) < 4.78 is 44.1. The molecule has 0 bridgehead atoms. The van der Waals surface area contributed by atoms with Gasteiger partial charge < -0.3 is 9.64 Å². The molecule has 148 valence electrons. The lowest BCUT2D eigenvalue weighted by molar-refractivity contribution is -0.137. The van der Waals surface area contributed by atoms with E-state index in [1.54, 1.807) is 23.1 Å². The normalized spacial score (nSPS) is 14.2. The maximum Gasteiger partial charge on any atom is 0.416 e. The third kappa shape index (κ3) is 4.11. The van der Waals surface area contributed by atoms with Crippen molar-refractivity contribution in [1.29, 1.82) is 0 Å². The van der Waals surface area contributed by atoms with Crippen LogP contribution in [0, 0.1) is 0 Å². The summed E-state index contributed by atoms with van der Waals surface area (Å²) >= 11 is 0. The van der Waals surface area contributed by atoms with Gasteiger partial charge in [0.1, 0.15) is 12.4 Å². The molecule has 0 aliphatic carbocycles. The molecule has 3 nitrogen and oxygen atoms in total. The van der Waals surface area contributed by atoms with E-state index < -0.39 is 11.7 Å². The highest BCUT2D eigenvalue weighted by molar-refractivity contribution is 5.98. The number of nitrogens with zero attached hydrogens (tertiary/aromatic N) is 1. The van der Waals surface area contributed by atoms with E-state index in [1.807, 2.05) is 30.3 Å². The summed E-state index contributed by atoms with van der Waals surface area (Å²) in [5.74, 6) is 0.330. The average Bonchev–Trinajstić information content (AvgIpc) is 2.87. The molecule has 0 radical (unpaired) electrons. The third-order valence-electron chi connectivity index (χ3n) is 4.88. The fraction of sp³-hybridized carbons (Fsp3) is 0.174. The Morgan fingerprint density at radius 2 is 1.59 bits per heavy atom. The fourth-order valence-corrected chi connectivity index (χ4v) is 3.35. The first-order valence-electron chi connectivity index (χ1n) is 9.19. The summed E-state index contributed by atoms with van der Waals surface area (Å²) in [5, 5.41) is 0. The summed E-state index contributed by atoms with van der Waals surface area (Å²) in [7, 11) is 0. The van der Waals surface area contributed by atoms with Crippen LogP contribution in [0.5, 0.6) is 5.75 Å². The van der Waals surface area contributed by atoms with Crippen LogP contribution in [0.25, 0.3) is 11.1 Å². The minimum absolute atomic E-state index is 0.157. The minimum atomic E-state index is -4.38. The van der Waals surface area contributed by atoms with E-state index in [4.69, 9.17) is 4.74 Å². The average molecular weight is 397 g/mol. The van der Waals surface area contributed by atoms with Gasteiger partial charge in [0.25, 0.3) is 5.91 Å². The molecule has 0 saturated heterocycles. The number of hydrogen-bond donors (Lipinski definition) is 0. The van der Waals surface area contributed by atoms with Gasteiger partial charge in [-0.25, -0.2) is 0 Å². The van der Waals surface area contributed by atoms with E-state index in [9.17, 15) is 18.0 Å². The molecule has 0 fully saturated rings.